The van der Waals surface area contributed by atoms with Gasteiger partial charge in [0.25, 0.3) is 0 Å². The second-order valence-electron chi connectivity index (χ2n) is 6.22. The molecule has 0 saturated heterocycles. The molecule has 0 aromatic heterocycles. The lowest BCUT2D eigenvalue weighted by molar-refractivity contribution is 0.134. The fourth-order valence-corrected chi connectivity index (χ4v) is 2.00. The lowest BCUT2D eigenvalue weighted by atomic mass is 9.79. The van der Waals surface area contributed by atoms with Crippen molar-refractivity contribution in [2.45, 2.75) is 40.3 Å². The summed E-state index contributed by atoms with van der Waals surface area (Å²) in [4.78, 5) is 2.13. The molecular formula is C14H23BFNO2. The van der Waals surface area contributed by atoms with Gasteiger partial charge in [-0.1, -0.05) is 26.8 Å². The molecule has 106 valence electrons. The van der Waals surface area contributed by atoms with Gasteiger partial charge in [-0.2, -0.15) is 0 Å². The molecule has 1 unspecified atom stereocenters. The molecule has 1 rings (SSSR count). The highest BCUT2D eigenvalue weighted by Gasteiger charge is 2.24. The summed E-state index contributed by atoms with van der Waals surface area (Å²) in [5.41, 5.74) is 1.05. The Bertz CT molecular complexity index is 432. The highest BCUT2D eigenvalue weighted by Crippen LogP contribution is 2.24. The SMILES string of the molecule is CC(N(C)Cc1cc(F)cc(B(O)O)c1)C(C)(C)C. The Kier molecular flexibility index (Phi) is 5.13. The maximum absolute atomic E-state index is 13.4. The molecule has 2 N–H and O–H groups in total. The van der Waals surface area contributed by atoms with Crippen molar-refractivity contribution < 1.29 is 14.4 Å². The normalized spacial score (nSPS) is 13.7. The molecular weight excluding hydrogens is 244 g/mol. The first-order valence-electron chi connectivity index (χ1n) is 6.47. The van der Waals surface area contributed by atoms with Gasteiger partial charge in [-0.15, -0.1) is 0 Å². The van der Waals surface area contributed by atoms with Crippen molar-refractivity contribution in [1.29, 1.82) is 0 Å². The molecule has 0 spiro atoms. The van der Waals surface area contributed by atoms with Crippen molar-refractivity contribution in [3.05, 3.63) is 29.6 Å². The van der Waals surface area contributed by atoms with Crippen LogP contribution in [-0.4, -0.2) is 35.2 Å². The zero-order valence-corrected chi connectivity index (χ0v) is 12.3. The molecule has 0 aliphatic rings. The monoisotopic (exact) mass is 267 g/mol. The van der Waals surface area contributed by atoms with E-state index in [1.807, 2.05) is 7.05 Å². The maximum Gasteiger partial charge on any atom is 0.488 e. The number of hydrogen-bond donors (Lipinski definition) is 2. The van der Waals surface area contributed by atoms with E-state index in [4.69, 9.17) is 10.0 Å². The van der Waals surface area contributed by atoms with Crippen LogP contribution in [0.3, 0.4) is 0 Å². The summed E-state index contributed by atoms with van der Waals surface area (Å²) in [5, 5.41) is 18.2. The van der Waals surface area contributed by atoms with Crippen LogP contribution in [0, 0.1) is 11.2 Å². The van der Waals surface area contributed by atoms with Crippen LogP contribution in [0.2, 0.25) is 0 Å². The molecule has 19 heavy (non-hydrogen) atoms. The average molecular weight is 267 g/mol. The molecule has 0 bridgehead atoms. The Hall–Kier alpha value is -0.905. The average Bonchev–Trinajstić information content (AvgIpc) is 2.25. The fourth-order valence-electron chi connectivity index (χ4n) is 2.00. The number of nitrogens with zero attached hydrogens (tertiary/aromatic N) is 1. The van der Waals surface area contributed by atoms with E-state index in [1.165, 1.54) is 6.07 Å². The van der Waals surface area contributed by atoms with Gasteiger partial charge in [0.15, 0.2) is 0 Å². The van der Waals surface area contributed by atoms with Gasteiger partial charge in [0.1, 0.15) is 5.82 Å². The molecule has 0 saturated carbocycles. The first kappa shape index (κ1) is 16.2. The quantitative estimate of drug-likeness (QED) is 0.810. The van der Waals surface area contributed by atoms with Gasteiger partial charge in [-0.25, -0.2) is 4.39 Å². The summed E-state index contributed by atoms with van der Waals surface area (Å²) in [6.07, 6.45) is 0. The van der Waals surface area contributed by atoms with E-state index >= 15 is 0 Å². The molecule has 5 heteroatoms. The molecule has 0 heterocycles. The lowest BCUT2D eigenvalue weighted by Gasteiger charge is -2.35. The molecule has 1 atom stereocenters. The second-order valence-corrected chi connectivity index (χ2v) is 6.22. The van der Waals surface area contributed by atoms with Gasteiger partial charge in [0.2, 0.25) is 0 Å². The summed E-state index contributed by atoms with van der Waals surface area (Å²) in [5.74, 6) is -0.447. The third-order valence-corrected chi connectivity index (χ3v) is 3.62. The molecule has 0 radical (unpaired) electrons. The minimum Gasteiger partial charge on any atom is -0.423 e. The summed E-state index contributed by atoms with van der Waals surface area (Å²) in [7, 11) is 0.343. The summed E-state index contributed by atoms with van der Waals surface area (Å²) >= 11 is 0. The zero-order chi connectivity index (χ0) is 14.8. The summed E-state index contributed by atoms with van der Waals surface area (Å²) in [6.45, 7) is 9.16. The second kappa shape index (κ2) is 6.03. The zero-order valence-electron chi connectivity index (χ0n) is 12.3. The third-order valence-electron chi connectivity index (χ3n) is 3.62. The van der Waals surface area contributed by atoms with Crippen molar-refractivity contribution in [3.63, 3.8) is 0 Å². The molecule has 1 aromatic carbocycles. The van der Waals surface area contributed by atoms with Crippen molar-refractivity contribution in [2.75, 3.05) is 7.05 Å². The molecule has 0 aliphatic heterocycles. The Labute approximate surface area is 115 Å². The van der Waals surface area contributed by atoms with Crippen LogP contribution in [0.15, 0.2) is 18.2 Å². The van der Waals surface area contributed by atoms with Crippen LogP contribution < -0.4 is 5.46 Å². The number of benzene rings is 1. The Morgan fingerprint density at radius 2 is 1.84 bits per heavy atom. The van der Waals surface area contributed by atoms with Crippen molar-refractivity contribution >= 4 is 12.6 Å². The first-order valence-corrected chi connectivity index (χ1v) is 6.47. The van der Waals surface area contributed by atoms with E-state index in [-0.39, 0.29) is 10.9 Å². The molecule has 0 amide bonds. The summed E-state index contributed by atoms with van der Waals surface area (Å²) < 4.78 is 13.4. The van der Waals surface area contributed by atoms with Crippen LogP contribution in [0.25, 0.3) is 0 Å². The molecule has 0 aliphatic carbocycles. The Morgan fingerprint density at radius 1 is 1.26 bits per heavy atom. The number of hydrogen-bond acceptors (Lipinski definition) is 3. The molecule has 0 fully saturated rings. The van der Waals surface area contributed by atoms with E-state index < -0.39 is 12.9 Å². The standard InChI is InChI=1S/C14H23BFNO2/c1-10(14(2,3)4)17(5)9-11-6-12(15(18)19)8-13(16)7-11/h6-8,10,18-19H,9H2,1-5H3. The maximum atomic E-state index is 13.4. The van der Waals surface area contributed by atoms with E-state index in [0.29, 0.717) is 12.6 Å². The summed E-state index contributed by atoms with van der Waals surface area (Å²) in [6, 6.07) is 4.51. The van der Waals surface area contributed by atoms with Crippen molar-refractivity contribution in [1.82, 2.24) is 4.90 Å². The number of rotatable bonds is 4. The van der Waals surface area contributed by atoms with E-state index in [1.54, 1.807) is 6.07 Å². The van der Waals surface area contributed by atoms with E-state index in [2.05, 4.69) is 32.6 Å². The number of halogens is 1. The van der Waals surface area contributed by atoms with Gasteiger partial charge in [0.05, 0.1) is 0 Å². The van der Waals surface area contributed by atoms with Crippen LogP contribution >= 0.6 is 0 Å². The van der Waals surface area contributed by atoms with Crippen LogP contribution in [0.5, 0.6) is 0 Å². The van der Waals surface area contributed by atoms with Crippen molar-refractivity contribution in [3.8, 4) is 0 Å². The van der Waals surface area contributed by atoms with Gasteiger partial charge >= 0.3 is 7.12 Å². The Balaban J connectivity index is 2.88. The highest BCUT2D eigenvalue weighted by atomic mass is 19.1. The Morgan fingerprint density at radius 3 is 2.32 bits per heavy atom. The minimum absolute atomic E-state index is 0.126. The fraction of sp³-hybridized carbons (Fsp3) is 0.571. The van der Waals surface area contributed by atoms with Crippen molar-refractivity contribution in [2.24, 2.45) is 5.41 Å². The minimum atomic E-state index is -1.64. The van der Waals surface area contributed by atoms with Crippen LogP contribution in [0.4, 0.5) is 4.39 Å². The van der Waals surface area contributed by atoms with Gasteiger partial charge < -0.3 is 10.0 Å². The van der Waals surface area contributed by atoms with E-state index in [9.17, 15) is 4.39 Å². The predicted molar refractivity (Wildman–Crippen MR) is 76.6 cm³/mol. The first-order chi connectivity index (χ1) is 8.61. The molecule has 3 nitrogen and oxygen atoms in total. The van der Waals surface area contributed by atoms with Gasteiger partial charge in [-0.3, -0.25) is 4.90 Å². The highest BCUT2D eigenvalue weighted by molar-refractivity contribution is 6.58. The largest absolute Gasteiger partial charge is 0.488 e. The van der Waals surface area contributed by atoms with Crippen LogP contribution in [0.1, 0.15) is 33.3 Å². The van der Waals surface area contributed by atoms with Gasteiger partial charge in [-0.05, 0) is 42.5 Å². The smallest absolute Gasteiger partial charge is 0.423 e. The predicted octanol–water partition coefficient (Wildman–Crippen LogP) is 1.37. The topological polar surface area (TPSA) is 43.7 Å². The third kappa shape index (κ3) is 4.60. The van der Waals surface area contributed by atoms with Gasteiger partial charge in [0, 0.05) is 12.6 Å². The van der Waals surface area contributed by atoms with Crippen LogP contribution in [-0.2, 0) is 6.54 Å². The lowest BCUT2D eigenvalue weighted by Crippen LogP contribution is -2.39. The van der Waals surface area contributed by atoms with E-state index in [0.717, 1.165) is 11.6 Å². The molecule has 1 aromatic rings.